The first-order valence-electron chi connectivity index (χ1n) is 4.24. The number of halogens is 2. The van der Waals surface area contributed by atoms with Crippen molar-refractivity contribution >= 4 is 23.2 Å². The molecule has 1 aromatic rings. The first-order valence-corrected chi connectivity index (χ1v) is 4.99. The minimum absolute atomic E-state index is 0.413. The van der Waals surface area contributed by atoms with Crippen molar-refractivity contribution in [2.24, 2.45) is 0 Å². The molecule has 1 aromatic carbocycles. The van der Waals surface area contributed by atoms with Crippen LogP contribution in [0.1, 0.15) is 19.8 Å². The Kier molecular flexibility index (Phi) is 4.40. The molecule has 0 heterocycles. The quantitative estimate of drug-likeness (QED) is 0.694. The van der Waals surface area contributed by atoms with E-state index in [9.17, 15) is 0 Å². The van der Waals surface area contributed by atoms with Crippen LogP contribution in [0.4, 0.5) is 0 Å². The van der Waals surface area contributed by atoms with Gasteiger partial charge in [0.05, 0.1) is 11.6 Å². The fraction of sp³-hybridized carbons (Fsp3) is 0.400. The van der Waals surface area contributed by atoms with Crippen LogP contribution < -0.4 is 4.74 Å². The average Bonchev–Trinajstić information content (AvgIpc) is 2.13. The maximum Gasteiger partial charge on any atom is 0.139 e. The van der Waals surface area contributed by atoms with E-state index in [-0.39, 0.29) is 0 Å². The molecule has 0 aliphatic heterocycles. The maximum atomic E-state index is 5.88. The summed E-state index contributed by atoms with van der Waals surface area (Å²) in [7, 11) is 0. The van der Waals surface area contributed by atoms with Crippen molar-refractivity contribution in [1.29, 1.82) is 0 Å². The molecule has 13 heavy (non-hydrogen) atoms. The smallest absolute Gasteiger partial charge is 0.139 e. The molecule has 0 fully saturated rings. The third kappa shape index (κ3) is 3.09. The van der Waals surface area contributed by atoms with Gasteiger partial charge < -0.3 is 4.74 Å². The van der Waals surface area contributed by atoms with Gasteiger partial charge in [-0.1, -0.05) is 36.5 Å². The lowest BCUT2D eigenvalue weighted by atomic mass is 10.3. The molecule has 3 heteroatoms. The number of hydrogen-bond donors (Lipinski definition) is 0. The Balaban J connectivity index is 2.61. The predicted octanol–water partition coefficient (Wildman–Crippen LogP) is 3.97. The van der Waals surface area contributed by atoms with Gasteiger partial charge in [0.2, 0.25) is 0 Å². The second kappa shape index (κ2) is 5.36. The number of benzene rings is 1. The van der Waals surface area contributed by atoms with E-state index in [1.165, 1.54) is 0 Å². The highest BCUT2D eigenvalue weighted by Crippen LogP contribution is 2.30. The first kappa shape index (κ1) is 10.7. The molecule has 0 saturated carbocycles. The van der Waals surface area contributed by atoms with Gasteiger partial charge in [0.25, 0.3) is 0 Å². The predicted molar refractivity (Wildman–Crippen MR) is 55.7 cm³/mol. The molecule has 0 amide bonds. The van der Waals surface area contributed by atoms with Crippen LogP contribution in [0.15, 0.2) is 12.1 Å². The molecule has 0 N–H and O–H groups in total. The average molecular weight is 218 g/mol. The van der Waals surface area contributed by atoms with Crippen molar-refractivity contribution in [1.82, 2.24) is 0 Å². The van der Waals surface area contributed by atoms with E-state index in [0.717, 1.165) is 12.8 Å². The van der Waals surface area contributed by atoms with Crippen LogP contribution in [0, 0.1) is 6.07 Å². The molecule has 0 unspecified atom stereocenters. The lowest BCUT2D eigenvalue weighted by Gasteiger charge is -2.07. The van der Waals surface area contributed by atoms with Crippen molar-refractivity contribution in [2.45, 2.75) is 19.8 Å². The summed E-state index contributed by atoms with van der Waals surface area (Å²) in [6, 6.07) is 6.26. The summed E-state index contributed by atoms with van der Waals surface area (Å²) in [5.41, 5.74) is 0. The highest BCUT2D eigenvalue weighted by molar-refractivity contribution is 6.42. The van der Waals surface area contributed by atoms with E-state index in [0.29, 0.717) is 22.4 Å². The molecule has 71 valence electrons. The molecule has 0 aliphatic carbocycles. The molecular formula is C10H11Cl2O. The molecule has 0 aliphatic rings. The summed E-state index contributed by atoms with van der Waals surface area (Å²) in [4.78, 5) is 0. The van der Waals surface area contributed by atoms with Gasteiger partial charge in [-0.25, -0.2) is 0 Å². The van der Waals surface area contributed by atoms with Crippen LogP contribution in [0.2, 0.25) is 10.0 Å². The molecule has 0 bridgehead atoms. The topological polar surface area (TPSA) is 9.23 Å². The van der Waals surface area contributed by atoms with Crippen molar-refractivity contribution in [2.75, 3.05) is 6.61 Å². The van der Waals surface area contributed by atoms with E-state index in [4.69, 9.17) is 27.9 Å². The second-order valence-corrected chi connectivity index (χ2v) is 3.43. The van der Waals surface area contributed by atoms with Crippen LogP contribution >= 0.6 is 23.2 Å². The Labute approximate surface area is 88.6 Å². The largest absolute Gasteiger partial charge is 0.492 e. The summed E-state index contributed by atoms with van der Waals surface area (Å²) in [6.45, 7) is 2.78. The summed E-state index contributed by atoms with van der Waals surface area (Å²) in [5.74, 6) is 0.638. The van der Waals surface area contributed by atoms with Crippen molar-refractivity contribution in [3.8, 4) is 5.75 Å². The summed E-state index contributed by atoms with van der Waals surface area (Å²) in [6.07, 6.45) is 2.12. The monoisotopic (exact) mass is 217 g/mol. The Hall–Kier alpha value is -0.400. The molecule has 1 radical (unpaired) electrons. The van der Waals surface area contributed by atoms with Gasteiger partial charge in [0, 0.05) is 6.07 Å². The molecule has 0 aromatic heterocycles. The Morgan fingerprint density at radius 1 is 1.46 bits per heavy atom. The van der Waals surface area contributed by atoms with Crippen molar-refractivity contribution < 1.29 is 4.74 Å². The third-order valence-corrected chi connectivity index (χ3v) is 2.38. The fourth-order valence-electron chi connectivity index (χ4n) is 0.873. The van der Waals surface area contributed by atoms with Crippen LogP contribution in [0.5, 0.6) is 5.75 Å². The van der Waals surface area contributed by atoms with Crippen LogP contribution in [0.25, 0.3) is 0 Å². The fourth-order valence-corrected chi connectivity index (χ4v) is 1.20. The molecule has 0 spiro atoms. The van der Waals surface area contributed by atoms with Crippen LogP contribution in [-0.2, 0) is 0 Å². The van der Waals surface area contributed by atoms with Crippen molar-refractivity contribution in [3.05, 3.63) is 28.2 Å². The number of ether oxygens (including phenoxy) is 1. The van der Waals surface area contributed by atoms with Gasteiger partial charge in [-0.05, 0) is 18.6 Å². The molecule has 1 rings (SSSR count). The Morgan fingerprint density at radius 3 is 2.92 bits per heavy atom. The Bertz CT molecular complexity index is 274. The van der Waals surface area contributed by atoms with Crippen LogP contribution in [0.3, 0.4) is 0 Å². The van der Waals surface area contributed by atoms with Gasteiger partial charge in [-0.15, -0.1) is 0 Å². The zero-order valence-electron chi connectivity index (χ0n) is 7.44. The second-order valence-electron chi connectivity index (χ2n) is 2.67. The lowest BCUT2D eigenvalue weighted by Crippen LogP contribution is -1.96. The van der Waals surface area contributed by atoms with Crippen LogP contribution in [-0.4, -0.2) is 6.61 Å². The van der Waals surface area contributed by atoms with E-state index in [1.807, 2.05) is 0 Å². The van der Waals surface area contributed by atoms with E-state index < -0.39 is 0 Å². The molecular weight excluding hydrogens is 207 g/mol. The van der Waals surface area contributed by atoms with Gasteiger partial charge in [-0.3, -0.25) is 0 Å². The third-order valence-electron chi connectivity index (χ3n) is 1.61. The number of rotatable bonds is 4. The van der Waals surface area contributed by atoms with Gasteiger partial charge in [0.15, 0.2) is 0 Å². The minimum Gasteiger partial charge on any atom is -0.492 e. The van der Waals surface area contributed by atoms with Gasteiger partial charge >= 0.3 is 0 Å². The van der Waals surface area contributed by atoms with E-state index in [1.54, 1.807) is 12.1 Å². The Morgan fingerprint density at radius 2 is 2.23 bits per heavy atom. The molecule has 1 nitrogen and oxygen atoms in total. The lowest BCUT2D eigenvalue weighted by molar-refractivity contribution is 0.309. The summed E-state index contributed by atoms with van der Waals surface area (Å²) in [5, 5.41) is 0.857. The normalized spacial score (nSPS) is 10.1. The maximum absolute atomic E-state index is 5.88. The van der Waals surface area contributed by atoms with Gasteiger partial charge in [-0.2, -0.15) is 0 Å². The highest BCUT2D eigenvalue weighted by atomic mass is 35.5. The molecule has 0 saturated heterocycles. The highest BCUT2D eigenvalue weighted by Gasteiger charge is 2.04. The molecule has 0 atom stereocenters. The van der Waals surface area contributed by atoms with Crippen molar-refractivity contribution in [3.63, 3.8) is 0 Å². The number of hydrogen-bond acceptors (Lipinski definition) is 1. The zero-order chi connectivity index (χ0) is 9.68. The zero-order valence-corrected chi connectivity index (χ0v) is 8.95. The number of unbranched alkanes of at least 4 members (excludes halogenated alkanes) is 1. The standard InChI is InChI=1S/C10H11Cl2O/c1-2-3-7-13-9-6-4-5-8(11)10(9)12/h4,6H,2-3,7H2,1H3. The first-order chi connectivity index (χ1) is 6.25. The van der Waals surface area contributed by atoms with E-state index >= 15 is 0 Å². The minimum atomic E-state index is 0.413. The summed E-state index contributed by atoms with van der Waals surface area (Å²) >= 11 is 11.6. The SMILES string of the molecule is CCCCOc1cc[c]c(Cl)c1Cl. The summed E-state index contributed by atoms with van der Waals surface area (Å²) < 4.78 is 5.42. The van der Waals surface area contributed by atoms with Gasteiger partial charge in [0.1, 0.15) is 10.8 Å². The van der Waals surface area contributed by atoms with E-state index in [2.05, 4.69) is 13.0 Å².